The average Bonchev–Trinajstić information content (AvgIpc) is 3.05. The molecule has 1 aromatic heterocycles. The number of carbonyl (C=O) groups excluding carboxylic acids is 1. The van der Waals surface area contributed by atoms with Crippen LogP contribution < -0.4 is 16.0 Å². The van der Waals surface area contributed by atoms with Gasteiger partial charge in [-0.05, 0) is 25.0 Å². The molecule has 3 rings (SSSR count). The molecule has 1 atom stereocenters. The highest BCUT2D eigenvalue weighted by Gasteiger charge is 2.23. The van der Waals surface area contributed by atoms with Crippen LogP contribution in [0.1, 0.15) is 28.3 Å². The van der Waals surface area contributed by atoms with E-state index >= 15 is 0 Å². The number of piperidine rings is 1. The normalized spacial score (nSPS) is 16.6. The van der Waals surface area contributed by atoms with Crippen LogP contribution in [0.3, 0.4) is 0 Å². The van der Waals surface area contributed by atoms with Crippen LogP contribution in [0.4, 0.5) is 5.69 Å². The summed E-state index contributed by atoms with van der Waals surface area (Å²) in [7, 11) is 0. The Labute approximate surface area is 168 Å². The van der Waals surface area contributed by atoms with Gasteiger partial charge in [-0.25, -0.2) is 4.98 Å². The number of aromatic nitrogens is 1. The maximum absolute atomic E-state index is 12.3. The number of nitrogens with one attached hydrogen (secondary N) is 1. The number of halogens is 3. The smallest absolute Gasteiger partial charge is 0.271 e. The van der Waals surface area contributed by atoms with Gasteiger partial charge in [0, 0.05) is 31.1 Å². The van der Waals surface area contributed by atoms with E-state index in [0.29, 0.717) is 12.2 Å². The first-order valence-corrected chi connectivity index (χ1v) is 8.88. The molecule has 1 saturated heterocycles. The molecule has 5 nitrogen and oxygen atoms in total. The number of nitrogens with two attached hydrogens (primary N) is 1. The molecule has 1 unspecified atom stereocenters. The van der Waals surface area contributed by atoms with Gasteiger partial charge in [0.2, 0.25) is 0 Å². The van der Waals surface area contributed by atoms with E-state index < -0.39 is 0 Å². The summed E-state index contributed by atoms with van der Waals surface area (Å²) in [6.45, 7) is 2.06. The van der Waals surface area contributed by atoms with E-state index in [0.717, 1.165) is 41.6 Å². The number of rotatable bonds is 4. The third-order valence-electron chi connectivity index (χ3n) is 3.91. The first-order valence-electron chi connectivity index (χ1n) is 7.62. The van der Waals surface area contributed by atoms with Crippen molar-refractivity contribution >= 4 is 59.3 Å². The van der Waals surface area contributed by atoms with Gasteiger partial charge in [0.05, 0.1) is 10.7 Å². The molecule has 25 heavy (non-hydrogen) atoms. The fourth-order valence-electron chi connectivity index (χ4n) is 2.79. The average molecular weight is 424 g/mol. The molecule has 1 aliphatic heterocycles. The van der Waals surface area contributed by atoms with E-state index in [-0.39, 0.29) is 36.8 Å². The molecular formula is C16H21Cl3N4OS. The van der Waals surface area contributed by atoms with E-state index in [1.165, 1.54) is 11.3 Å². The van der Waals surface area contributed by atoms with Crippen molar-refractivity contribution in [2.24, 2.45) is 5.73 Å². The van der Waals surface area contributed by atoms with Gasteiger partial charge in [-0.3, -0.25) is 4.79 Å². The number of para-hydroxylation sites is 1. The van der Waals surface area contributed by atoms with E-state index in [1.807, 2.05) is 24.3 Å². The van der Waals surface area contributed by atoms with Gasteiger partial charge < -0.3 is 16.0 Å². The molecule has 2 aromatic rings. The second-order valence-corrected chi connectivity index (χ2v) is 6.89. The van der Waals surface area contributed by atoms with Crippen LogP contribution in [-0.2, 0) is 6.54 Å². The first-order chi connectivity index (χ1) is 11.2. The molecule has 0 spiro atoms. The molecular weight excluding hydrogens is 403 g/mol. The SMILES string of the molecule is Cl.Cl.NCc1nc(C(=O)NC2CCCN(c3ccccc3Cl)C2)cs1. The lowest BCUT2D eigenvalue weighted by Crippen LogP contribution is -2.48. The van der Waals surface area contributed by atoms with Crippen LogP contribution in [0.5, 0.6) is 0 Å². The minimum absolute atomic E-state index is 0. The Balaban J connectivity index is 0.00000156. The molecule has 9 heteroatoms. The lowest BCUT2D eigenvalue weighted by Gasteiger charge is -2.35. The van der Waals surface area contributed by atoms with Crippen LogP contribution in [0.2, 0.25) is 5.02 Å². The summed E-state index contributed by atoms with van der Waals surface area (Å²) >= 11 is 7.69. The van der Waals surface area contributed by atoms with Gasteiger partial charge in [-0.1, -0.05) is 23.7 Å². The number of amides is 1. The molecule has 138 valence electrons. The predicted molar refractivity (Wildman–Crippen MR) is 109 cm³/mol. The van der Waals surface area contributed by atoms with Crippen molar-refractivity contribution < 1.29 is 4.79 Å². The van der Waals surface area contributed by atoms with Crippen molar-refractivity contribution in [2.45, 2.75) is 25.4 Å². The second kappa shape index (κ2) is 10.2. The molecule has 0 radical (unpaired) electrons. The van der Waals surface area contributed by atoms with Crippen LogP contribution in [0, 0.1) is 0 Å². The zero-order chi connectivity index (χ0) is 16.2. The zero-order valence-electron chi connectivity index (χ0n) is 13.5. The van der Waals surface area contributed by atoms with Crippen LogP contribution >= 0.6 is 47.8 Å². The largest absolute Gasteiger partial charge is 0.368 e. The molecule has 1 aromatic carbocycles. The number of anilines is 1. The van der Waals surface area contributed by atoms with Gasteiger partial charge in [-0.15, -0.1) is 36.2 Å². The molecule has 2 heterocycles. The van der Waals surface area contributed by atoms with Crippen molar-refractivity contribution in [1.82, 2.24) is 10.3 Å². The lowest BCUT2D eigenvalue weighted by molar-refractivity contribution is 0.0928. The number of hydrogen-bond donors (Lipinski definition) is 2. The Morgan fingerprint density at radius 2 is 2.16 bits per heavy atom. The van der Waals surface area contributed by atoms with Crippen molar-refractivity contribution in [3.63, 3.8) is 0 Å². The zero-order valence-corrected chi connectivity index (χ0v) is 16.7. The van der Waals surface area contributed by atoms with Gasteiger partial charge in [-0.2, -0.15) is 0 Å². The summed E-state index contributed by atoms with van der Waals surface area (Å²) in [5.74, 6) is -0.132. The first kappa shape index (κ1) is 22.0. The minimum atomic E-state index is -0.132. The number of thiazole rings is 1. The fourth-order valence-corrected chi connectivity index (χ4v) is 3.70. The van der Waals surface area contributed by atoms with E-state index in [9.17, 15) is 4.79 Å². The third-order valence-corrected chi connectivity index (χ3v) is 5.10. The molecule has 1 amide bonds. The Morgan fingerprint density at radius 1 is 1.40 bits per heavy atom. The molecule has 1 fully saturated rings. The maximum atomic E-state index is 12.3. The monoisotopic (exact) mass is 422 g/mol. The van der Waals surface area contributed by atoms with E-state index in [2.05, 4.69) is 15.2 Å². The molecule has 3 N–H and O–H groups in total. The quantitative estimate of drug-likeness (QED) is 0.789. The van der Waals surface area contributed by atoms with Gasteiger partial charge in [0.1, 0.15) is 10.7 Å². The lowest BCUT2D eigenvalue weighted by atomic mass is 10.0. The van der Waals surface area contributed by atoms with Gasteiger partial charge >= 0.3 is 0 Å². The maximum Gasteiger partial charge on any atom is 0.271 e. The number of nitrogens with zero attached hydrogens (tertiary/aromatic N) is 2. The molecule has 0 bridgehead atoms. The highest BCUT2D eigenvalue weighted by molar-refractivity contribution is 7.09. The number of hydrogen-bond acceptors (Lipinski definition) is 5. The second-order valence-electron chi connectivity index (χ2n) is 5.54. The Morgan fingerprint density at radius 3 is 2.84 bits per heavy atom. The van der Waals surface area contributed by atoms with Crippen LogP contribution in [-0.4, -0.2) is 30.0 Å². The summed E-state index contributed by atoms with van der Waals surface area (Å²) in [4.78, 5) is 18.8. The summed E-state index contributed by atoms with van der Waals surface area (Å²) in [6, 6.07) is 7.90. The fraction of sp³-hybridized carbons (Fsp3) is 0.375. The van der Waals surface area contributed by atoms with Gasteiger partial charge in [0.15, 0.2) is 0 Å². The predicted octanol–water partition coefficient (Wildman–Crippen LogP) is 3.50. The highest BCUT2D eigenvalue weighted by Crippen LogP contribution is 2.27. The third kappa shape index (κ3) is 5.46. The van der Waals surface area contributed by atoms with Crippen LogP contribution in [0.15, 0.2) is 29.6 Å². The Hall–Kier alpha value is -1.05. The summed E-state index contributed by atoms with van der Waals surface area (Å²) in [5, 5.41) is 6.34. The topological polar surface area (TPSA) is 71.2 Å². The molecule has 1 aliphatic rings. The van der Waals surface area contributed by atoms with Gasteiger partial charge in [0.25, 0.3) is 5.91 Å². The summed E-state index contributed by atoms with van der Waals surface area (Å²) < 4.78 is 0. The van der Waals surface area contributed by atoms with E-state index in [4.69, 9.17) is 17.3 Å². The standard InChI is InChI=1S/C16H19ClN4OS.2ClH/c17-12-5-1-2-6-14(12)21-7-3-4-11(9-21)19-16(22)13-10-23-15(8-18)20-13;;/h1-2,5-6,10-11H,3-4,7-9,18H2,(H,19,22);2*1H. The molecule has 0 aliphatic carbocycles. The number of carbonyl (C=O) groups is 1. The summed E-state index contributed by atoms with van der Waals surface area (Å²) in [5.41, 5.74) is 7.01. The van der Waals surface area contributed by atoms with E-state index in [1.54, 1.807) is 5.38 Å². The minimum Gasteiger partial charge on any atom is -0.368 e. The molecule has 0 saturated carbocycles. The Bertz CT molecular complexity index is 698. The van der Waals surface area contributed by atoms with Crippen molar-refractivity contribution in [1.29, 1.82) is 0 Å². The Kier molecular flexibility index (Phi) is 8.96. The number of benzene rings is 1. The van der Waals surface area contributed by atoms with Crippen molar-refractivity contribution in [2.75, 3.05) is 18.0 Å². The van der Waals surface area contributed by atoms with Crippen LogP contribution in [0.25, 0.3) is 0 Å². The van der Waals surface area contributed by atoms with Crippen molar-refractivity contribution in [3.05, 3.63) is 45.4 Å². The highest BCUT2D eigenvalue weighted by atomic mass is 35.5. The van der Waals surface area contributed by atoms with Crippen molar-refractivity contribution in [3.8, 4) is 0 Å². The summed E-state index contributed by atoms with van der Waals surface area (Å²) in [6.07, 6.45) is 1.97.